The Balaban J connectivity index is 3.28. The summed E-state index contributed by atoms with van der Waals surface area (Å²) in [5, 5.41) is 2.33. The minimum Gasteiger partial charge on any atom is -0.233 e. The SMILES string of the molecule is C[Si](C)(Cl)CCCN=C=S. The Hall–Kier alpha value is 0.307. The lowest BCUT2D eigenvalue weighted by molar-refractivity contribution is 0.924. The van der Waals surface area contributed by atoms with Crippen LogP contribution in [0.2, 0.25) is 19.1 Å². The highest BCUT2D eigenvalue weighted by Gasteiger charge is 2.15. The van der Waals surface area contributed by atoms with Gasteiger partial charge in [0.2, 0.25) is 0 Å². The molecule has 0 aliphatic rings. The summed E-state index contributed by atoms with van der Waals surface area (Å²) in [5.74, 6) is 0. The molecular formula is C6H12ClNSSi. The molecule has 0 aromatic rings. The molecule has 0 atom stereocenters. The second-order valence-electron chi connectivity index (χ2n) is 2.80. The lowest BCUT2D eigenvalue weighted by Gasteiger charge is -2.09. The van der Waals surface area contributed by atoms with Gasteiger partial charge in [-0.25, -0.2) is 4.99 Å². The zero-order valence-corrected chi connectivity index (χ0v) is 8.93. The Morgan fingerprint density at radius 3 is 2.60 bits per heavy atom. The van der Waals surface area contributed by atoms with Gasteiger partial charge in [-0.05, 0) is 24.7 Å². The fourth-order valence-electron chi connectivity index (χ4n) is 0.624. The first kappa shape index (κ1) is 10.3. The van der Waals surface area contributed by atoms with Crippen molar-refractivity contribution in [1.82, 2.24) is 0 Å². The van der Waals surface area contributed by atoms with Gasteiger partial charge in [0.25, 0.3) is 0 Å². The smallest absolute Gasteiger partial charge is 0.150 e. The minimum atomic E-state index is -1.36. The third-order valence-corrected chi connectivity index (χ3v) is 3.34. The van der Waals surface area contributed by atoms with Gasteiger partial charge in [0, 0.05) is 6.54 Å². The van der Waals surface area contributed by atoms with Crippen LogP contribution in [-0.2, 0) is 0 Å². The third-order valence-electron chi connectivity index (χ3n) is 1.11. The van der Waals surface area contributed by atoms with Gasteiger partial charge >= 0.3 is 0 Å². The highest BCUT2D eigenvalue weighted by molar-refractivity contribution is 7.78. The van der Waals surface area contributed by atoms with Gasteiger partial charge in [0.1, 0.15) is 0 Å². The van der Waals surface area contributed by atoms with Crippen LogP contribution in [0, 0.1) is 0 Å². The molecule has 0 amide bonds. The average molecular weight is 194 g/mol. The summed E-state index contributed by atoms with van der Waals surface area (Å²) >= 11 is 10.5. The van der Waals surface area contributed by atoms with E-state index in [1.54, 1.807) is 0 Å². The minimum absolute atomic E-state index is 0.784. The molecule has 58 valence electrons. The molecular weight excluding hydrogens is 182 g/mol. The van der Waals surface area contributed by atoms with Crippen molar-refractivity contribution in [2.75, 3.05) is 6.54 Å². The number of halogens is 1. The number of rotatable bonds is 4. The van der Waals surface area contributed by atoms with Crippen molar-refractivity contribution in [3.8, 4) is 0 Å². The van der Waals surface area contributed by atoms with E-state index in [4.69, 9.17) is 11.1 Å². The van der Waals surface area contributed by atoms with Crippen LogP contribution in [0.4, 0.5) is 0 Å². The van der Waals surface area contributed by atoms with E-state index in [1.165, 1.54) is 0 Å². The van der Waals surface area contributed by atoms with Crippen molar-refractivity contribution in [3.63, 3.8) is 0 Å². The predicted octanol–water partition coefficient (Wildman–Crippen LogP) is 2.92. The lowest BCUT2D eigenvalue weighted by atomic mass is 10.5. The fourth-order valence-corrected chi connectivity index (χ4v) is 2.12. The standard InChI is InChI=1S/C6H12ClNSSi/c1-10(2,7)5-3-4-8-6-9/h3-5H2,1-2H3. The van der Waals surface area contributed by atoms with E-state index in [0.717, 1.165) is 19.0 Å². The summed E-state index contributed by atoms with van der Waals surface area (Å²) < 4.78 is 0. The van der Waals surface area contributed by atoms with Gasteiger partial charge < -0.3 is 0 Å². The molecule has 0 aromatic heterocycles. The Kier molecular flexibility index (Phi) is 5.18. The Morgan fingerprint density at radius 2 is 2.20 bits per heavy atom. The first-order chi connectivity index (χ1) is 4.56. The molecule has 0 spiro atoms. The molecule has 0 fully saturated rings. The molecule has 0 aliphatic carbocycles. The molecule has 0 saturated carbocycles. The fraction of sp³-hybridized carbons (Fsp3) is 0.833. The van der Waals surface area contributed by atoms with Crippen LogP contribution in [0.3, 0.4) is 0 Å². The molecule has 4 heteroatoms. The quantitative estimate of drug-likeness (QED) is 0.220. The zero-order chi connectivity index (χ0) is 8.04. The predicted molar refractivity (Wildman–Crippen MR) is 52.7 cm³/mol. The van der Waals surface area contributed by atoms with Gasteiger partial charge in [-0.2, -0.15) is 11.1 Å². The number of hydrogen-bond acceptors (Lipinski definition) is 2. The van der Waals surface area contributed by atoms with E-state index in [-0.39, 0.29) is 0 Å². The molecule has 0 heterocycles. The molecule has 0 radical (unpaired) electrons. The lowest BCUT2D eigenvalue weighted by Crippen LogP contribution is -2.15. The number of nitrogens with zero attached hydrogens (tertiary/aromatic N) is 1. The summed E-state index contributed by atoms with van der Waals surface area (Å²) in [7, 11) is -1.36. The van der Waals surface area contributed by atoms with E-state index < -0.39 is 7.38 Å². The van der Waals surface area contributed by atoms with Crippen LogP contribution in [-0.4, -0.2) is 19.1 Å². The van der Waals surface area contributed by atoms with Crippen molar-refractivity contribution in [3.05, 3.63) is 0 Å². The van der Waals surface area contributed by atoms with E-state index in [2.05, 4.69) is 35.5 Å². The van der Waals surface area contributed by atoms with Gasteiger partial charge in [-0.3, -0.25) is 0 Å². The number of thiocarbonyl (C=S) groups is 1. The zero-order valence-electron chi connectivity index (χ0n) is 6.35. The molecule has 0 saturated heterocycles. The normalized spacial score (nSPS) is 10.7. The molecule has 0 bridgehead atoms. The van der Waals surface area contributed by atoms with Crippen LogP contribution in [0.1, 0.15) is 6.42 Å². The summed E-state index contributed by atoms with van der Waals surface area (Å²) in [6.07, 6.45) is 1.05. The number of aliphatic imine (C=N–C) groups is 1. The summed E-state index contributed by atoms with van der Waals surface area (Å²) in [6, 6.07) is 1.11. The highest BCUT2D eigenvalue weighted by atomic mass is 35.6. The van der Waals surface area contributed by atoms with E-state index in [0.29, 0.717) is 0 Å². The topological polar surface area (TPSA) is 12.4 Å². The van der Waals surface area contributed by atoms with Crippen molar-refractivity contribution < 1.29 is 0 Å². The van der Waals surface area contributed by atoms with Crippen LogP contribution >= 0.6 is 23.3 Å². The second kappa shape index (κ2) is 5.02. The van der Waals surface area contributed by atoms with Crippen LogP contribution in [0.15, 0.2) is 4.99 Å². The van der Waals surface area contributed by atoms with Crippen molar-refractivity contribution in [1.29, 1.82) is 0 Å². The monoisotopic (exact) mass is 193 g/mol. The molecule has 10 heavy (non-hydrogen) atoms. The Morgan fingerprint density at radius 1 is 1.60 bits per heavy atom. The average Bonchev–Trinajstić information content (AvgIpc) is 1.78. The van der Waals surface area contributed by atoms with Crippen molar-refractivity contribution in [2.45, 2.75) is 25.6 Å². The molecule has 0 rings (SSSR count). The van der Waals surface area contributed by atoms with Crippen molar-refractivity contribution >= 4 is 35.8 Å². The van der Waals surface area contributed by atoms with Gasteiger partial charge in [-0.15, -0.1) is 0 Å². The Bertz CT molecular complexity index is 137. The van der Waals surface area contributed by atoms with Crippen LogP contribution in [0.25, 0.3) is 0 Å². The van der Waals surface area contributed by atoms with Gasteiger partial charge in [-0.1, -0.05) is 13.1 Å². The molecule has 1 nitrogen and oxygen atoms in total. The number of hydrogen-bond donors (Lipinski definition) is 0. The Labute approximate surface area is 73.2 Å². The molecule has 0 aliphatic heterocycles. The molecule has 0 N–H and O–H groups in total. The van der Waals surface area contributed by atoms with Gasteiger partial charge in [0.05, 0.1) is 5.16 Å². The second-order valence-corrected chi connectivity index (χ2v) is 9.98. The first-order valence-corrected chi connectivity index (χ1v) is 7.91. The highest BCUT2D eigenvalue weighted by Crippen LogP contribution is 2.15. The van der Waals surface area contributed by atoms with E-state index in [9.17, 15) is 0 Å². The third kappa shape index (κ3) is 8.31. The maximum absolute atomic E-state index is 6.06. The summed E-state index contributed by atoms with van der Waals surface area (Å²) in [4.78, 5) is 3.80. The maximum atomic E-state index is 6.06. The maximum Gasteiger partial charge on any atom is 0.150 e. The van der Waals surface area contributed by atoms with Crippen molar-refractivity contribution in [2.24, 2.45) is 4.99 Å². The van der Waals surface area contributed by atoms with E-state index >= 15 is 0 Å². The first-order valence-electron chi connectivity index (χ1n) is 3.29. The summed E-state index contributed by atoms with van der Waals surface area (Å²) in [5.41, 5.74) is 0. The van der Waals surface area contributed by atoms with E-state index in [1.807, 2.05) is 0 Å². The van der Waals surface area contributed by atoms with Crippen LogP contribution in [0.5, 0.6) is 0 Å². The molecule has 0 unspecified atom stereocenters. The summed E-state index contributed by atoms with van der Waals surface area (Å²) in [6.45, 7) is 5.05. The van der Waals surface area contributed by atoms with Crippen LogP contribution < -0.4 is 0 Å². The van der Waals surface area contributed by atoms with Gasteiger partial charge in [0.15, 0.2) is 7.38 Å². The molecule has 0 aromatic carbocycles. The largest absolute Gasteiger partial charge is 0.233 e. The number of isothiocyanates is 1.